The number of amides is 4. The van der Waals surface area contributed by atoms with Crippen LogP contribution in [0.25, 0.3) is 0 Å². The molecule has 0 aliphatic carbocycles. The number of nitrogens with zero attached hydrogens (tertiary/aromatic N) is 1. The smallest absolute Gasteiger partial charge is 0.255 e. The molecule has 0 bridgehead atoms. The second-order valence-electron chi connectivity index (χ2n) is 10.3. The van der Waals surface area contributed by atoms with E-state index in [0.29, 0.717) is 23.7 Å². The first-order valence-corrected chi connectivity index (χ1v) is 14.5. The summed E-state index contributed by atoms with van der Waals surface area (Å²) in [6.07, 6.45) is 0.212. The van der Waals surface area contributed by atoms with E-state index in [4.69, 9.17) is 14.2 Å². The van der Waals surface area contributed by atoms with Gasteiger partial charge in [-0.05, 0) is 48.4 Å². The highest BCUT2D eigenvalue weighted by Crippen LogP contribution is 2.19. The Morgan fingerprint density at radius 3 is 2.41 bits per heavy atom. The van der Waals surface area contributed by atoms with E-state index in [1.54, 1.807) is 62.7 Å². The topological polar surface area (TPSA) is 135 Å². The number of rotatable bonds is 8. The fraction of sp³-hybridized carbons (Fsp3) is 0.333. The van der Waals surface area contributed by atoms with Crippen molar-refractivity contribution in [1.82, 2.24) is 20.9 Å². The average molecular weight is 603 g/mol. The third-order valence-corrected chi connectivity index (χ3v) is 7.12. The zero-order valence-corrected chi connectivity index (χ0v) is 24.9. The van der Waals surface area contributed by atoms with Crippen molar-refractivity contribution in [3.8, 4) is 17.2 Å². The van der Waals surface area contributed by atoms with E-state index in [9.17, 15) is 19.2 Å². The molecule has 3 aromatic carbocycles. The van der Waals surface area contributed by atoms with E-state index in [1.165, 1.54) is 4.90 Å². The zero-order chi connectivity index (χ0) is 31.3. The maximum absolute atomic E-state index is 13.4. The normalized spacial score (nSPS) is 18.0. The second-order valence-corrected chi connectivity index (χ2v) is 10.3. The minimum absolute atomic E-state index is 0.00779. The van der Waals surface area contributed by atoms with Crippen molar-refractivity contribution in [2.75, 3.05) is 40.5 Å². The lowest BCUT2D eigenvalue weighted by molar-refractivity contribution is -0.135. The Morgan fingerprint density at radius 1 is 0.955 bits per heavy atom. The van der Waals surface area contributed by atoms with Gasteiger partial charge in [-0.3, -0.25) is 19.2 Å². The molecule has 0 fully saturated rings. The van der Waals surface area contributed by atoms with Gasteiger partial charge in [0.15, 0.2) is 0 Å². The molecule has 0 saturated carbocycles. The van der Waals surface area contributed by atoms with Gasteiger partial charge in [0.05, 0.1) is 25.8 Å². The third kappa shape index (κ3) is 9.22. The van der Waals surface area contributed by atoms with Crippen LogP contribution in [-0.2, 0) is 20.8 Å². The van der Waals surface area contributed by atoms with Crippen molar-refractivity contribution in [3.05, 3.63) is 90.0 Å². The lowest BCUT2D eigenvalue weighted by atomic mass is 10.0. The van der Waals surface area contributed by atoms with Gasteiger partial charge in [-0.25, -0.2) is 0 Å². The Morgan fingerprint density at radius 2 is 1.66 bits per heavy atom. The Hall–Kier alpha value is -5.06. The number of hydrogen-bond donors (Lipinski definition) is 3. The number of ether oxygens (including phenoxy) is 3. The van der Waals surface area contributed by atoms with Crippen LogP contribution in [0.4, 0.5) is 0 Å². The van der Waals surface area contributed by atoms with E-state index in [-0.39, 0.29) is 50.6 Å². The number of carbonyl (C=O) groups is 4. The van der Waals surface area contributed by atoms with E-state index in [1.807, 2.05) is 30.3 Å². The first kappa shape index (κ1) is 31.9. The maximum atomic E-state index is 13.4. The molecule has 2 atom stereocenters. The average Bonchev–Trinajstić information content (AvgIpc) is 3.04. The Balaban J connectivity index is 1.47. The highest BCUT2D eigenvalue weighted by Gasteiger charge is 2.28. The van der Waals surface area contributed by atoms with Gasteiger partial charge in [-0.15, -0.1) is 0 Å². The van der Waals surface area contributed by atoms with Gasteiger partial charge in [0, 0.05) is 19.9 Å². The fourth-order valence-corrected chi connectivity index (χ4v) is 4.68. The first-order valence-electron chi connectivity index (χ1n) is 14.5. The molecule has 0 spiro atoms. The molecule has 0 unspecified atom stereocenters. The van der Waals surface area contributed by atoms with Crippen LogP contribution in [0.2, 0.25) is 0 Å². The summed E-state index contributed by atoms with van der Waals surface area (Å²) >= 11 is 0. The molecule has 44 heavy (non-hydrogen) atoms. The summed E-state index contributed by atoms with van der Waals surface area (Å²) in [7, 11) is 3.22. The van der Waals surface area contributed by atoms with Crippen LogP contribution in [0.3, 0.4) is 0 Å². The number of benzene rings is 3. The van der Waals surface area contributed by atoms with Gasteiger partial charge < -0.3 is 35.1 Å². The molecule has 11 heteroatoms. The van der Waals surface area contributed by atoms with Crippen LogP contribution in [0.15, 0.2) is 78.9 Å². The minimum Gasteiger partial charge on any atom is -0.497 e. The number of carbonyl (C=O) groups excluding carboxylic acids is 4. The van der Waals surface area contributed by atoms with Gasteiger partial charge in [0.25, 0.3) is 5.91 Å². The van der Waals surface area contributed by atoms with Crippen molar-refractivity contribution >= 4 is 23.6 Å². The molecule has 1 aliphatic heterocycles. The Labute approximate surface area is 256 Å². The van der Waals surface area contributed by atoms with Crippen molar-refractivity contribution in [2.24, 2.45) is 0 Å². The predicted molar refractivity (Wildman–Crippen MR) is 164 cm³/mol. The van der Waals surface area contributed by atoms with Gasteiger partial charge in [-0.2, -0.15) is 0 Å². The molecule has 0 saturated heterocycles. The molecule has 1 heterocycles. The maximum Gasteiger partial charge on any atom is 0.255 e. The summed E-state index contributed by atoms with van der Waals surface area (Å²) in [6, 6.07) is 21.3. The van der Waals surface area contributed by atoms with Crippen molar-refractivity contribution in [1.29, 1.82) is 0 Å². The first-order chi connectivity index (χ1) is 21.3. The summed E-state index contributed by atoms with van der Waals surface area (Å²) < 4.78 is 16.7. The van der Waals surface area contributed by atoms with Crippen LogP contribution in [0.5, 0.6) is 17.2 Å². The van der Waals surface area contributed by atoms with E-state index >= 15 is 0 Å². The van der Waals surface area contributed by atoms with E-state index in [2.05, 4.69) is 16.0 Å². The molecule has 0 radical (unpaired) electrons. The summed E-state index contributed by atoms with van der Waals surface area (Å²) in [5, 5.41) is 8.37. The quantitative estimate of drug-likeness (QED) is 0.337. The van der Waals surface area contributed by atoms with Crippen LogP contribution >= 0.6 is 0 Å². The molecule has 4 amide bonds. The molecule has 3 N–H and O–H groups in total. The van der Waals surface area contributed by atoms with Gasteiger partial charge in [0.2, 0.25) is 17.7 Å². The Kier molecular flexibility index (Phi) is 11.6. The minimum atomic E-state index is -1.03. The molecule has 4 rings (SSSR count). The number of para-hydroxylation sites is 1. The van der Waals surface area contributed by atoms with Crippen LogP contribution in [0.1, 0.15) is 28.8 Å². The monoisotopic (exact) mass is 602 g/mol. The number of methoxy groups -OCH3 is 1. The van der Waals surface area contributed by atoms with E-state index in [0.717, 1.165) is 5.56 Å². The highest BCUT2D eigenvalue weighted by atomic mass is 16.5. The molecule has 232 valence electrons. The lowest BCUT2D eigenvalue weighted by Gasteiger charge is -2.25. The standard InChI is InChI=1S/C33H38N4O7/c1-37-19-21-44-29-11-7-6-10-26(29)31(39)36-27(32(40)34-18-20-43-25-14-12-24(42-2)13-15-25)16-17-30(38)35-28(33(37)41)22-23-8-4-3-5-9-23/h3-15,27-28H,16-22H2,1-2H3,(H,34,40)(H,35,38)(H,36,39)/t27-,28-/m0/s1. The SMILES string of the molecule is COc1ccc(OCCNC(=O)[C@@H]2CCC(=O)N[C@@H](Cc3ccccc3)C(=O)N(C)CCOc3ccccc3C(=O)N2)cc1. The van der Waals surface area contributed by atoms with Crippen LogP contribution in [-0.4, -0.2) is 81.1 Å². The lowest BCUT2D eigenvalue weighted by Crippen LogP contribution is -2.50. The van der Waals surface area contributed by atoms with Crippen LogP contribution in [0, 0.1) is 0 Å². The molecule has 1 aliphatic rings. The number of hydrogen-bond acceptors (Lipinski definition) is 7. The summed E-state index contributed by atoms with van der Waals surface area (Å²) in [5.74, 6) is -0.0302. The molecular weight excluding hydrogens is 564 g/mol. The summed E-state index contributed by atoms with van der Waals surface area (Å²) in [5.41, 5.74) is 1.13. The van der Waals surface area contributed by atoms with Crippen LogP contribution < -0.4 is 30.2 Å². The van der Waals surface area contributed by atoms with E-state index < -0.39 is 29.8 Å². The Bertz CT molecular complexity index is 1420. The van der Waals surface area contributed by atoms with Gasteiger partial charge in [-0.1, -0.05) is 42.5 Å². The van der Waals surface area contributed by atoms with Gasteiger partial charge >= 0.3 is 0 Å². The second kappa shape index (κ2) is 16.0. The zero-order valence-electron chi connectivity index (χ0n) is 24.9. The fourth-order valence-electron chi connectivity index (χ4n) is 4.68. The number of nitrogens with one attached hydrogen (secondary N) is 3. The molecule has 0 aromatic heterocycles. The molecular formula is C33H38N4O7. The highest BCUT2D eigenvalue weighted by molar-refractivity contribution is 5.99. The number of fused-ring (bicyclic) bond motifs is 1. The largest absolute Gasteiger partial charge is 0.497 e. The van der Waals surface area contributed by atoms with Crippen molar-refractivity contribution < 1.29 is 33.4 Å². The van der Waals surface area contributed by atoms with Crippen molar-refractivity contribution in [2.45, 2.75) is 31.3 Å². The molecule has 3 aromatic rings. The van der Waals surface area contributed by atoms with Crippen molar-refractivity contribution in [3.63, 3.8) is 0 Å². The number of likely N-dealkylation sites (N-methyl/N-ethyl adjacent to an activating group) is 1. The summed E-state index contributed by atoms with van der Waals surface area (Å²) in [4.78, 5) is 54.5. The van der Waals surface area contributed by atoms with Gasteiger partial charge in [0.1, 0.15) is 42.5 Å². The summed E-state index contributed by atoms with van der Waals surface area (Å²) in [6.45, 7) is 0.714. The third-order valence-electron chi connectivity index (χ3n) is 7.12. The molecule has 11 nitrogen and oxygen atoms in total. The predicted octanol–water partition coefficient (Wildman–Crippen LogP) is 2.35.